The zero-order chi connectivity index (χ0) is 49.1. The monoisotopic (exact) mass is 946 g/mol. The third-order valence-corrected chi connectivity index (χ3v) is 12.8. The van der Waals surface area contributed by atoms with Gasteiger partial charge < -0.3 is 31.1 Å². The number of nitriles is 2. The molecule has 2 saturated heterocycles. The molecule has 8 heterocycles. The van der Waals surface area contributed by atoms with Crippen LogP contribution in [-0.2, 0) is 22.7 Å². The summed E-state index contributed by atoms with van der Waals surface area (Å²) in [6, 6.07) is 19.5. The van der Waals surface area contributed by atoms with Crippen LogP contribution in [0.15, 0.2) is 73.1 Å². The van der Waals surface area contributed by atoms with Gasteiger partial charge in [0.25, 0.3) is 11.8 Å². The fourth-order valence-electron chi connectivity index (χ4n) is 9.46. The quantitative estimate of drug-likeness (QED) is 0.141. The van der Waals surface area contributed by atoms with Crippen LogP contribution < -0.4 is 31.1 Å². The first-order valence-corrected chi connectivity index (χ1v) is 23.2. The van der Waals surface area contributed by atoms with E-state index in [0.29, 0.717) is 71.7 Å². The third kappa shape index (κ3) is 9.10. The van der Waals surface area contributed by atoms with Gasteiger partial charge in [0.2, 0.25) is 11.8 Å². The van der Waals surface area contributed by atoms with Crippen LogP contribution >= 0.6 is 0 Å². The number of pyridine rings is 2. The lowest BCUT2D eigenvalue weighted by atomic mass is 9.97. The Labute approximate surface area is 401 Å². The van der Waals surface area contributed by atoms with Crippen LogP contribution in [0.2, 0.25) is 0 Å². The summed E-state index contributed by atoms with van der Waals surface area (Å²) >= 11 is 0. The average Bonchev–Trinajstić information content (AvgIpc) is 4.22. The van der Waals surface area contributed by atoms with Crippen LogP contribution in [0.3, 0.4) is 0 Å². The lowest BCUT2D eigenvalue weighted by Gasteiger charge is -2.32. The molecule has 0 aliphatic carbocycles. The normalized spacial score (nSPS) is 17.0. The van der Waals surface area contributed by atoms with Crippen LogP contribution in [-0.4, -0.2) is 92.4 Å². The Morgan fingerprint density at radius 1 is 0.671 bits per heavy atom. The second-order valence-electron chi connectivity index (χ2n) is 17.2. The van der Waals surface area contributed by atoms with Gasteiger partial charge >= 0.3 is 0 Å². The fourth-order valence-corrected chi connectivity index (χ4v) is 9.46. The molecule has 6 aromatic rings. The van der Waals surface area contributed by atoms with E-state index in [4.69, 9.17) is 10.2 Å². The Balaban J connectivity index is 0.000000174. The van der Waals surface area contributed by atoms with Crippen molar-refractivity contribution in [3.8, 4) is 46.0 Å². The number of nitrogens with zero attached hydrogens (tertiary/aromatic N) is 10. The zero-order valence-electron chi connectivity index (χ0n) is 38.4. The van der Waals surface area contributed by atoms with Crippen molar-refractivity contribution in [1.29, 1.82) is 10.5 Å². The highest BCUT2D eigenvalue weighted by molar-refractivity contribution is 6.02. The molecule has 2 atom stereocenters. The van der Waals surface area contributed by atoms with Crippen molar-refractivity contribution in [2.24, 2.45) is 11.8 Å². The molecule has 20 heteroatoms. The molecule has 2 fully saturated rings. The Bertz CT molecular complexity index is 2930. The lowest BCUT2D eigenvalue weighted by Crippen LogP contribution is -2.43. The van der Waals surface area contributed by atoms with Gasteiger partial charge in [-0.2, -0.15) is 20.7 Å². The minimum Gasteiger partial charge on any atom is -0.356 e. The predicted molar refractivity (Wildman–Crippen MR) is 253 cm³/mol. The standard InChI is InChI=1S/2C25H24FN7O2/c2*1-2-28-24(34)16-6-4-9-32(14-16)21-8-10-33(31-21)20-11-18(30-19-13-29-25(35)23(19)20)22-15(12-27)5-3-7-17(22)26/h2*3,5,7-8,10-11,16H,2,4,6,9,13-14H2,1H3,(H,28,34)(H,29,35)/t16-;/m1./s1. The van der Waals surface area contributed by atoms with Crippen molar-refractivity contribution >= 4 is 35.3 Å². The van der Waals surface area contributed by atoms with Crippen LogP contribution in [0.4, 0.5) is 20.4 Å². The number of halogens is 2. The summed E-state index contributed by atoms with van der Waals surface area (Å²) in [6.45, 7) is 8.07. The summed E-state index contributed by atoms with van der Waals surface area (Å²) in [4.78, 5) is 63.1. The van der Waals surface area contributed by atoms with Crippen molar-refractivity contribution in [3.63, 3.8) is 0 Å². The molecule has 70 heavy (non-hydrogen) atoms. The molecule has 18 nitrogen and oxygen atoms in total. The molecule has 0 radical (unpaired) electrons. The third-order valence-electron chi connectivity index (χ3n) is 12.8. The maximum Gasteiger partial charge on any atom is 0.255 e. The van der Waals surface area contributed by atoms with Crippen molar-refractivity contribution in [2.45, 2.75) is 52.6 Å². The smallest absolute Gasteiger partial charge is 0.255 e. The summed E-state index contributed by atoms with van der Waals surface area (Å²) in [5.41, 5.74) is 3.62. The fraction of sp³-hybridized carbons (Fsp3) is 0.320. The maximum atomic E-state index is 14.8. The van der Waals surface area contributed by atoms with Gasteiger partial charge in [-0.15, -0.1) is 0 Å². The van der Waals surface area contributed by atoms with Crippen LogP contribution in [0, 0.1) is 46.1 Å². The van der Waals surface area contributed by atoms with Gasteiger partial charge in [0.1, 0.15) is 11.6 Å². The van der Waals surface area contributed by atoms with Gasteiger partial charge in [-0.1, -0.05) is 12.1 Å². The molecular weight excluding hydrogens is 899 g/mol. The number of carbonyl (C=O) groups is 4. The van der Waals surface area contributed by atoms with E-state index in [0.717, 1.165) is 38.8 Å². The summed E-state index contributed by atoms with van der Waals surface area (Å²) in [5.74, 6) is -0.448. The van der Waals surface area contributed by atoms with Crippen molar-refractivity contribution in [2.75, 3.05) is 49.1 Å². The van der Waals surface area contributed by atoms with Gasteiger partial charge in [-0.05, 0) is 75.9 Å². The van der Waals surface area contributed by atoms with E-state index >= 15 is 0 Å². The molecule has 0 spiro atoms. The number of anilines is 2. The van der Waals surface area contributed by atoms with Gasteiger partial charge in [-0.25, -0.2) is 28.1 Å². The predicted octanol–water partition coefficient (Wildman–Crippen LogP) is 5.08. The van der Waals surface area contributed by atoms with E-state index in [1.807, 2.05) is 38.1 Å². The maximum absolute atomic E-state index is 14.8. The number of carbonyl (C=O) groups excluding carboxylic acids is 4. The molecule has 4 N–H and O–H groups in total. The Kier molecular flexibility index (Phi) is 13.3. The van der Waals surface area contributed by atoms with Crippen LogP contribution in [0.5, 0.6) is 0 Å². The molecule has 4 amide bonds. The number of piperidine rings is 2. The zero-order valence-corrected chi connectivity index (χ0v) is 38.4. The molecule has 4 aliphatic rings. The number of hydrogen-bond donors (Lipinski definition) is 4. The molecule has 356 valence electrons. The molecule has 10 rings (SSSR count). The first kappa shape index (κ1) is 46.6. The van der Waals surface area contributed by atoms with Crippen molar-refractivity contribution < 1.29 is 28.0 Å². The highest BCUT2D eigenvalue weighted by Gasteiger charge is 2.32. The van der Waals surface area contributed by atoms with Gasteiger partial charge in [0.05, 0.1) is 105 Å². The highest BCUT2D eigenvalue weighted by atomic mass is 19.1. The summed E-state index contributed by atoms with van der Waals surface area (Å²) in [5, 5.41) is 39.7. The van der Waals surface area contributed by atoms with Crippen molar-refractivity contribution in [3.05, 3.63) is 118 Å². The van der Waals surface area contributed by atoms with Crippen molar-refractivity contribution in [1.82, 2.24) is 50.8 Å². The molecule has 0 bridgehead atoms. The highest BCUT2D eigenvalue weighted by Crippen LogP contribution is 2.34. The van der Waals surface area contributed by atoms with Gasteiger partial charge in [0, 0.05) is 63.8 Å². The number of hydrogen-bond acceptors (Lipinski definition) is 12. The number of nitrogens with one attached hydrogen (secondary N) is 4. The molecule has 2 aromatic carbocycles. The average molecular weight is 947 g/mol. The molecule has 0 saturated carbocycles. The summed E-state index contributed by atoms with van der Waals surface area (Å²) in [7, 11) is 0. The SMILES string of the molecule is CCNC(=O)C1CCCN(c2ccn(-c3cc(-c4c(F)cccc4C#N)nc4c3C(=O)NC4)n2)C1.CCNC(=O)[C@@H]1CCCN(c2ccn(-c3cc(-c4c(F)cccc4C#N)nc4c3C(=O)NC4)n2)C1. The minimum atomic E-state index is -0.564. The Morgan fingerprint density at radius 2 is 1.10 bits per heavy atom. The first-order chi connectivity index (χ1) is 34.0. The number of amides is 4. The number of aromatic nitrogens is 6. The van der Waals surface area contributed by atoms with Crippen LogP contribution in [0.1, 0.15) is 82.8 Å². The topological polar surface area (TPSA) is 232 Å². The van der Waals surface area contributed by atoms with Gasteiger partial charge in [0.15, 0.2) is 11.6 Å². The molecular formula is C50H48F2N14O4. The van der Waals surface area contributed by atoms with Gasteiger partial charge in [-0.3, -0.25) is 19.2 Å². The second-order valence-corrected chi connectivity index (χ2v) is 17.2. The second kappa shape index (κ2) is 20.0. The van der Waals surface area contributed by atoms with E-state index in [1.54, 1.807) is 33.9 Å². The largest absolute Gasteiger partial charge is 0.356 e. The molecule has 4 aliphatic heterocycles. The van der Waals surface area contributed by atoms with E-state index in [2.05, 4.69) is 41.0 Å². The van der Waals surface area contributed by atoms with E-state index in [-0.39, 0.29) is 82.2 Å². The van der Waals surface area contributed by atoms with E-state index in [9.17, 15) is 38.5 Å². The lowest BCUT2D eigenvalue weighted by molar-refractivity contribution is -0.125. The Morgan fingerprint density at radius 3 is 1.50 bits per heavy atom. The summed E-state index contributed by atoms with van der Waals surface area (Å²) in [6.07, 6.45) is 6.88. The number of fused-ring (bicyclic) bond motifs is 2. The van der Waals surface area contributed by atoms with E-state index in [1.165, 1.54) is 36.4 Å². The number of benzene rings is 2. The first-order valence-electron chi connectivity index (χ1n) is 23.2. The molecule has 4 aromatic heterocycles. The minimum absolute atomic E-state index is 0.0445. The van der Waals surface area contributed by atoms with E-state index < -0.39 is 11.6 Å². The number of rotatable bonds is 10. The van der Waals surface area contributed by atoms with Crippen LogP contribution in [0.25, 0.3) is 33.9 Å². The summed E-state index contributed by atoms with van der Waals surface area (Å²) < 4.78 is 32.7. The molecule has 1 unspecified atom stereocenters. The Hall–Kier alpha value is -8.52.